The Balaban J connectivity index is 1.26. The van der Waals surface area contributed by atoms with Crippen LogP contribution >= 0.6 is 0 Å². The summed E-state index contributed by atoms with van der Waals surface area (Å²) >= 11 is 0. The molecule has 3 aromatic rings. The van der Waals surface area contributed by atoms with Gasteiger partial charge < -0.3 is 14.6 Å². The summed E-state index contributed by atoms with van der Waals surface area (Å²) in [7, 11) is 0. The van der Waals surface area contributed by atoms with Crippen LogP contribution in [0.3, 0.4) is 0 Å². The predicted molar refractivity (Wildman–Crippen MR) is 107 cm³/mol. The van der Waals surface area contributed by atoms with Crippen LogP contribution in [-0.4, -0.2) is 35.0 Å². The van der Waals surface area contributed by atoms with Crippen molar-refractivity contribution >= 4 is 22.5 Å². The largest absolute Gasteiger partial charge is 0.490 e. The number of hydrogen-bond acceptors (Lipinski definition) is 4. The van der Waals surface area contributed by atoms with E-state index in [0.717, 1.165) is 40.7 Å². The molecule has 0 bridgehead atoms. The highest BCUT2D eigenvalue weighted by atomic mass is 16.5. The standard InChI is InChI=1S/C22H22N4O2/c1-14-2-4-15(5-3-14)28-16-8-10-26(11-9-16)22(27)21-12-17-18-13-23-25-20(18)7-6-19(17)24-21/h2-7,12,16,24H,8-11,13H2,1H3. The SMILES string of the molecule is Cc1ccc(OC2CCN(C(=O)c3cc4c5c(ccc4[nH]3)N=NC5)CC2)cc1. The number of aromatic nitrogens is 1. The lowest BCUT2D eigenvalue weighted by Gasteiger charge is -2.32. The topological polar surface area (TPSA) is 70.0 Å². The molecule has 2 aliphatic rings. The number of fused-ring (bicyclic) bond motifs is 3. The van der Waals surface area contributed by atoms with Gasteiger partial charge in [-0.2, -0.15) is 10.2 Å². The van der Waals surface area contributed by atoms with Crippen molar-refractivity contribution in [1.29, 1.82) is 0 Å². The van der Waals surface area contributed by atoms with Crippen molar-refractivity contribution in [3.63, 3.8) is 0 Å². The highest BCUT2D eigenvalue weighted by Gasteiger charge is 2.26. The number of aromatic amines is 1. The van der Waals surface area contributed by atoms with Crippen LogP contribution in [0.25, 0.3) is 10.9 Å². The first kappa shape index (κ1) is 17.0. The molecule has 5 rings (SSSR count). The quantitative estimate of drug-likeness (QED) is 0.718. The van der Waals surface area contributed by atoms with Gasteiger partial charge in [0.2, 0.25) is 0 Å². The number of rotatable bonds is 3. The number of hydrogen-bond donors (Lipinski definition) is 1. The van der Waals surface area contributed by atoms with Crippen LogP contribution < -0.4 is 4.74 Å². The maximum absolute atomic E-state index is 13.0. The normalized spacial score (nSPS) is 16.5. The molecule has 0 atom stereocenters. The Morgan fingerprint density at radius 3 is 2.71 bits per heavy atom. The molecule has 0 saturated carbocycles. The second-order valence-corrected chi connectivity index (χ2v) is 7.53. The van der Waals surface area contributed by atoms with Crippen LogP contribution in [0.1, 0.15) is 34.5 Å². The fourth-order valence-corrected chi connectivity index (χ4v) is 3.97. The van der Waals surface area contributed by atoms with E-state index in [1.807, 2.05) is 35.2 Å². The molecular weight excluding hydrogens is 352 g/mol. The molecule has 1 N–H and O–H groups in total. The molecule has 0 unspecified atom stereocenters. The zero-order chi connectivity index (χ0) is 19.1. The van der Waals surface area contributed by atoms with Crippen LogP contribution in [-0.2, 0) is 6.54 Å². The van der Waals surface area contributed by atoms with E-state index in [1.54, 1.807) is 0 Å². The number of carbonyl (C=O) groups excluding carboxylic acids is 1. The molecule has 3 heterocycles. The van der Waals surface area contributed by atoms with Gasteiger partial charge in [0.05, 0.1) is 12.2 Å². The second kappa shape index (κ2) is 6.78. The van der Waals surface area contributed by atoms with Crippen molar-refractivity contribution < 1.29 is 9.53 Å². The van der Waals surface area contributed by atoms with E-state index in [4.69, 9.17) is 4.74 Å². The second-order valence-electron chi connectivity index (χ2n) is 7.53. The molecule has 1 aromatic heterocycles. The van der Waals surface area contributed by atoms with Gasteiger partial charge in [-0.05, 0) is 37.3 Å². The molecule has 2 aromatic carbocycles. The molecule has 1 amide bonds. The Labute approximate surface area is 163 Å². The molecule has 0 spiro atoms. The predicted octanol–water partition coefficient (Wildman–Crippen LogP) is 4.76. The maximum Gasteiger partial charge on any atom is 0.270 e. The molecule has 142 valence electrons. The van der Waals surface area contributed by atoms with Gasteiger partial charge in [-0.15, -0.1) is 0 Å². The summed E-state index contributed by atoms with van der Waals surface area (Å²) in [6.45, 7) is 4.05. The molecule has 28 heavy (non-hydrogen) atoms. The van der Waals surface area contributed by atoms with E-state index in [0.29, 0.717) is 25.3 Å². The maximum atomic E-state index is 13.0. The Morgan fingerprint density at radius 1 is 1.14 bits per heavy atom. The van der Waals surface area contributed by atoms with Gasteiger partial charge in [-0.25, -0.2) is 0 Å². The van der Waals surface area contributed by atoms with Gasteiger partial charge in [0.15, 0.2) is 0 Å². The van der Waals surface area contributed by atoms with E-state index in [-0.39, 0.29) is 12.0 Å². The number of nitrogens with zero attached hydrogens (tertiary/aromatic N) is 3. The average Bonchev–Trinajstić information content (AvgIpc) is 3.36. The molecule has 6 heteroatoms. The Bertz CT molecular complexity index is 1060. The first-order valence-electron chi connectivity index (χ1n) is 9.72. The van der Waals surface area contributed by atoms with E-state index in [1.165, 1.54) is 5.56 Å². The van der Waals surface area contributed by atoms with E-state index >= 15 is 0 Å². The lowest BCUT2D eigenvalue weighted by Crippen LogP contribution is -2.41. The number of aryl methyl sites for hydroxylation is 1. The molecule has 0 aliphatic carbocycles. The number of ether oxygens (including phenoxy) is 1. The first-order valence-corrected chi connectivity index (χ1v) is 9.72. The summed E-state index contributed by atoms with van der Waals surface area (Å²) in [5, 5.41) is 9.28. The average molecular weight is 374 g/mol. The Hall–Kier alpha value is -3.15. The number of azo groups is 1. The molecular formula is C22H22N4O2. The minimum absolute atomic E-state index is 0.0469. The number of H-pyrrole nitrogens is 1. The zero-order valence-electron chi connectivity index (χ0n) is 15.8. The number of likely N-dealkylation sites (tertiary alicyclic amines) is 1. The molecule has 6 nitrogen and oxygen atoms in total. The highest BCUT2D eigenvalue weighted by Crippen LogP contribution is 2.34. The highest BCUT2D eigenvalue weighted by molar-refractivity contribution is 6.00. The summed E-state index contributed by atoms with van der Waals surface area (Å²) in [6, 6.07) is 14.0. The van der Waals surface area contributed by atoms with Crippen molar-refractivity contribution in [2.45, 2.75) is 32.4 Å². The number of piperidine rings is 1. The third-order valence-corrected chi connectivity index (χ3v) is 5.58. The molecule has 1 saturated heterocycles. The fourth-order valence-electron chi connectivity index (χ4n) is 3.97. The molecule has 0 radical (unpaired) electrons. The summed E-state index contributed by atoms with van der Waals surface area (Å²) < 4.78 is 6.08. The van der Waals surface area contributed by atoms with Gasteiger partial charge in [0, 0.05) is 42.4 Å². The van der Waals surface area contributed by atoms with Crippen LogP contribution in [0.2, 0.25) is 0 Å². The summed E-state index contributed by atoms with van der Waals surface area (Å²) in [6.07, 6.45) is 1.83. The smallest absolute Gasteiger partial charge is 0.270 e. The minimum atomic E-state index is 0.0469. The van der Waals surface area contributed by atoms with Gasteiger partial charge in [-0.1, -0.05) is 17.7 Å². The third-order valence-electron chi connectivity index (χ3n) is 5.58. The minimum Gasteiger partial charge on any atom is -0.490 e. The van der Waals surface area contributed by atoms with Gasteiger partial charge >= 0.3 is 0 Å². The van der Waals surface area contributed by atoms with E-state index < -0.39 is 0 Å². The number of carbonyl (C=O) groups is 1. The van der Waals surface area contributed by atoms with Crippen LogP contribution in [0.5, 0.6) is 5.75 Å². The van der Waals surface area contributed by atoms with Gasteiger partial charge in [-0.3, -0.25) is 4.79 Å². The summed E-state index contributed by atoms with van der Waals surface area (Å²) in [4.78, 5) is 18.2. The Kier molecular flexibility index (Phi) is 4.11. The zero-order valence-corrected chi connectivity index (χ0v) is 15.8. The number of benzene rings is 2. The lowest BCUT2D eigenvalue weighted by atomic mass is 10.1. The van der Waals surface area contributed by atoms with Crippen molar-refractivity contribution in [3.8, 4) is 5.75 Å². The van der Waals surface area contributed by atoms with Crippen molar-refractivity contribution in [2.75, 3.05) is 13.1 Å². The van der Waals surface area contributed by atoms with Crippen LogP contribution in [0.15, 0.2) is 52.7 Å². The fraction of sp³-hybridized carbons (Fsp3) is 0.318. The van der Waals surface area contributed by atoms with E-state index in [9.17, 15) is 4.79 Å². The monoisotopic (exact) mass is 374 g/mol. The number of nitrogens with one attached hydrogen (secondary N) is 1. The number of amides is 1. The van der Waals surface area contributed by atoms with Crippen molar-refractivity contribution in [3.05, 3.63) is 59.3 Å². The van der Waals surface area contributed by atoms with Gasteiger partial charge in [0.1, 0.15) is 17.5 Å². The molecule has 2 aliphatic heterocycles. The van der Waals surface area contributed by atoms with Crippen LogP contribution in [0.4, 0.5) is 5.69 Å². The summed E-state index contributed by atoms with van der Waals surface area (Å²) in [5.41, 5.74) is 4.82. The van der Waals surface area contributed by atoms with Crippen molar-refractivity contribution in [1.82, 2.24) is 9.88 Å². The van der Waals surface area contributed by atoms with Gasteiger partial charge in [0.25, 0.3) is 5.91 Å². The third kappa shape index (κ3) is 3.05. The van der Waals surface area contributed by atoms with E-state index in [2.05, 4.69) is 34.3 Å². The summed E-state index contributed by atoms with van der Waals surface area (Å²) in [5.74, 6) is 0.946. The Morgan fingerprint density at radius 2 is 1.93 bits per heavy atom. The first-order chi connectivity index (χ1) is 13.7. The lowest BCUT2D eigenvalue weighted by molar-refractivity contribution is 0.0591. The molecule has 1 fully saturated rings. The van der Waals surface area contributed by atoms with Crippen LogP contribution in [0, 0.1) is 6.92 Å². The van der Waals surface area contributed by atoms with Crippen molar-refractivity contribution in [2.24, 2.45) is 10.2 Å².